The Morgan fingerprint density at radius 3 is 2.70 bits per heavy atom. The summed E-state index contributed by atoms with van der Waals surface area (Å²) in [6.45, 7) is 2.05. The second kappa shape index (κ2) is 8.02. The summed E-state index contributed by atoms with van der Waals surface area (Å²) < 4.78 is 6.43. The normalized spacial score (nSPS) is 26.5. The summed E-state index contributed by atoms with van der Waals surface area (Å²) >= 11 is 1.79. The highest BCUT2D eigenvalue weighted by molar-refractivity contribution is 7.19. The molecule has 1 saturated carbocycles. The van der Waals surface area contributed by atoms with Gasteiger partial charge in [0.1, 0.15) is 17.3 Å². The van der Waals surface area contributed by atoms with E-state index >= 15 is 0 Å². The first kappa shape index (κ1) is 19.1. The van der Waals surface area contributed by atoms with Gasteiger partial charge in [-0.05, 0) is 76.9 Å². The number of aliphatic hydroxyl groups is 1. The van der Waals surface area contributed by atoms with Gasteiger partial charge in [-0.3, -0.25) is 0 Å². The molecule has 2 aliphatic carbocycles. The minimum Gasteiger partial charge on any atom is -0.474 e. The molecule has 2 heterocycles. The minimum absolute atomic E-state index is 0.230. The van der Waals surface area contributed by atoms with Crippen molar-refractivity contribution in [3.63, 3.8) is 0 Å². The lowest BCUT2D eigenvalue weighted by molar-refractivity contribution is 0.108. The Labute approximate surface area is 165 Å². The van der Waals surface area contributed by atoms with Gasteiger partial charge >= 0.3 is 0 Å². The number of ether oxygens (including phenoxy) is 1. The maximum absolute atomic E-state index is 10.2. The van der Waals surface area contributed by atoms with Crippen LogP contribution in [0.1, 0.15) is 68.2 Å². The molecule has 0 spiro atoms. The van der Waals surface area contributed by atoms with Crippen LogP contribution in [0.4, 0.5) is 0 Å². The van der Waals surface area contributed by atoms with E-state index in [1.54, 1.807) is 17.7 Å². The zero-order valence-corrected chi connectivity index (χ0v) is 17.5. The topological polar surface area (TPSA) is 58.5 Å². The molecule has 0 saturated heterocycles. The molecule has 6 heteroatoms. The van der Waals surface area contributed by atoms with E-state index in [0.29, 0.717) is 12.0 Å². The molecule has 4 rings (SSSR count). The Hall–Kier alpha value is -1.24. The van der Waals surface area contributed by atoms with Crippen LogP contribution < -0.4 is 4.74 Å². The largest absolute Gasteiger partial charge is 0.474 e. The van der Waals surface area contributed by atoms with Crippen molar-refractivity contribution in [1.82, 2.24) is 14.9 Å². The van der Waals surface area contributed by atoms with E-state index in [9.17, 15) is 5.11 Å². The number of aliphatic hydroxyl groups excluding tert-OH is 1. The van der Waals surface area contributed by atoms with Crippen molar-refractivity contribution >= 4 is 21.6 Å². The van der Waals surface area contributed by atoms with E-state index in [-0.39, 0.29) is 12.2 Å². The number of rotatable bonds is 6. The highest BCUT2D eigenvalue weighted by Crippen LogP contribution is 2.47. The molecule has 148 valence electrons. The Kier molecular flexibility index (Phi) is 5.67. The van der Waals surface area contributed by atoms with E-state index in [2.05, 4.69) is 29.0 Å². The maximum Gasteiger partial charge on any atom is 0.225 e. The summed E-state index contributed by atoms with van der Waals surface area (Å²) in [5, 5.41) is 11.3. The summed E-state index contributed by atoms with van der Waals surface area (Å²) in [7, 11) is 4.33. The third kappa shape index (κ3) is 3.84. The number of thiophene rings is 1. The van der Waals surface area contributed by atoms with Crippen LogP contribution in [0, 0.1) is 0 Å². The Balaban J connectivity index is 1.57. The molecule has 2 atom stereocenters. The number of fused-ring (bicyclic) bond motifs is 3. The van der Waals surface area contributed by atoms with Gasteiger partial charge in [-0.15, -0.1) is 11.3 Å². The third-order valence-corrected chi connectivity index (χ3v) is 7.55. The first-order valence-electron chi connectivity index (χ1n) is 10.3. The van der Waals surface area contributed by atoms with Gasteiger partial charge in [-0.1, -0.05) is 6.92 Å². The molecule has 0 aliphatic heterocycles. The van der Waals surface area contributed by atoms with Crippen molar-refractivity contribution in [2.75, 3.05) is 14.1 Å². The molecule has 0 bridgehead atoms. The number of aromatic nitrogens is 2. The highest BCUT2D eigenvalue weighted by atomic mass is 32.1. The van der Waals surface area contributed by atoms with Crippen LogP contribution in [0.15, 0.2) is 6.33 Å². The van der Waals surface area contributed by atoms with Gasteiger partial charge in [0.25, 0.3) is 0 Å². The summed E-state index contributed by atoms with van der Waals surface area (Å²) in [6.07, 6.45) is 10.0. The monoisotopic (exact) mass is 389 g/mol. The fraction of sp³-hybridized carbons (Fsp3) is 0.714. The molecule has 1 fully saturated rings. The number of nitrogens with zero attached hydrogens (tertiary/aromatic N) is 3. The van der Waals surface area contributed by atoms with Gasteiger partial charge in [-0.2, -0.15) is 0 Å². The average Bonchev–Trinajstić information content (AvgIpc) is 3.22. The van der Waals surface area contributed by atoms with Crippen LogP contribution in [-0.2, 0) is 6.42 Å². The lowest BCUT2D eigenvalue weighted by atomic mass is 9.92. The quantitative estimate of drug-likeness (QED) is 0.805. The molecule has 2 aliphatic rings. The van der Waals surface area contributed by atoms with E-state index in [4.69, 9.17) is 4.74 Å². The van der Waals surface area contributed by atoms with E-state index < -0.39 is 0 Å². The molecule has 5 nitrogen and oxygen atoms in total. The highest BCUT2D eigenvalue weighted by Gasteiger charge is 2.32. The number of aryl methyl sites for hydroxylation is 1. The molecule has 2 aromatic heterocycles. The molecule has 2 aromatic rings. The number of hydrogen-bond donors (Lipinski definition) is 1. The summed E-state index contributed by atoms with van der Waals surface area (Å²) in [5.41, 5.74) is 1.36. The molecule has 1 N–H and O–H groups in total. The summed E-state index contributed by atoms with van der Waals surface area (Å²) in [5.74, 6) is 1.17. The van der Waals surface area contributed by atoms with Crippen molar-refractivity contribution in [2.24, 2.45) is 0 Å². The van der Waals surface area contributed by atoms with Crippen LogP contribution in [0.3, 0.4) is 0 Å². The molecule has 2 unspecified atom stereocenters. The number of hydrogen-bond acceptors (Lipinski definition) is 6. The van der Waals surface area contributed by atoms with Crippen molar-refractivity contribution in [3.05, 3.63) is 16.8 Å². The second-order valence-electron chi connectivity index (χ2n) is 8.34. The fourth-order valence-corrected chi connectivity index (χ4v) is 5.93. The standard InChI is InChI=1S/C21H31N3O2S/c1-4-15(25)11-13-5-10-17-18(13)19-20(22-12-23-21(19)27-17)26-16-8-6-14(7-9-16)24(2)3/h12-16,25H,4-11H2,1-3H3. The van der Waals surface area contributed by atoms with Crippen LogP contribution in [0.25, 0.3) is 10.2 Å². The van der Waals surface area contributed by atoms with Gasteiger partial charge in [-0.25, -0.2) is 9.97 Å². The molecule has 0 radical (unpaired) electrons. The third-order valence-electron chi connectivity index (χ3n) is 6.38. The lowest BCUT2D eigenvalue weighted by Crippen LogP contribution is -2.35. The predicted octanol–water partition coefficient (Wildman–Crippen LogP) is 4.13. The van der Waals surface area contributed by atoms with Crippen molar-refractivity contribution in [1.29, 1.82) is 0 Å². The lowest BCUT2D eigenvalue weighted by Gasteiger charge is -2.32. The molecule has 0 aromatic carbocycles. The van der Waals surface area contributed by atoms with Gasteiger partial charge < -0.3 is 14.7 Å². The van der Waals surface area contributed by atoms with Crippen LogP contribution in [-0.4, -0.2) is 52.3 Å². The smallest absolute Gasteiger partial charge is 0.225 e. The average molecular weight is 390 g/mol. The molecular weight excluding hydrogens is 358 g/mol. The molecule has 0 amide bonds. The Bertz CT molecular complexity index is 783. The van der Waals surface area contributed by atoms with Gasteiger partial charge in [0.05, 0.1) is 11.5 Å². The zero-order chi connectivity index (χ0) is 19.0. The summed E-state index contributed by atoms with van der Waals surface area (Å²) in [4.78, 5) is 13.9. The van der Waals surface area contributed by atoms with Gasteiger partial charge in [0.15, 0.2) is 0 Å². The minimum atomic E-state index is -0.230. The summed E-state index contributed by atoms with van der Waals surface area (Å²) in [6, 6.07) is 0.667. The first-order chi connectivity index (χ1) is 13.1. The van der Waals surface area contributed by atoms with Gasteiger partial charge in [0.2, 0.25) is 5.88 Å². The van der Waals surface area contributed by atoms with Crippen molar-refractivity contribution in [3.8, 4) is 5.88 Å². The van der Waals surface area contributed by atoms with Crippen LogP contribution in [0.2, 0.25) is 0 Å². The molecular formula is C21H31N3O2S. The second-order valence-corrected chi connectivity index (χ2v) is 9.43. The zero-order valence-electron chi connectivity index (χ0n) is 16.6. The predicted molar refractivity (Wildman–Crippen MR) is 110 cm³/mol. The Morgan fingerprint density at radius 2 is 2.00 bits per heavy atom. The maximum atomic E-state index is 10.2. The van der Waals surface area contributed by atoms with E-state index in [1.165, 1.54) is 23.3 Å². The van der Waals surface area contributed by atoms with E-state index in [1.807, 2.05) is 6.92 Å². The molecule has 27 heavy (non-hydrogen) atoms. The van der Waals surface area contributed by atoms with Crippen LogP contribution in [0.5, 0.6) is 5.88 Å². The van der Waals surface area contributed by atoms with Crippen molar-refractivity contribution < 1.29 is 9.84 Å². The van der Waals surface area contributed by atoms with E-state index in [0.717, 1.165) is 54.6 Å². The van der Waals surface area contributed by atoms with Gasteiger partial charge in [0, 0.05) is 10.9 Å². The van der Waals surface area contributed by atoms with Crippen LogP contribution >= 0.6 is 11.3 Å². The Morgan fingerprint density at radius 1 is 1.22 bits per heavy atom. The fourth-order valence-electron chi connectivity index (χ4n) is 4.70. The van der Waals surface area contributed by atoms with Crippen molar-refractivity contribution in [2.45, 2.75) is 82.5 Å². The first-order valence-corrected chi connectivity index (χ1v) is 11.2. The SMILES string of the molecule is CCC(O)CC1CCc2sc3ncnc(OC4CCC(N(C)C)CC4)c3c21.